The Morgan fingerprint density at radius 2 is 2.04 bits per heavy atom. The summed E-state index contributed by atoms with van der Waals surface area (Å²) in [7, 11) is 0. The molecule has 0 aromatic heterocycles. The molecule has 26 heavy (non-hydrogen) atoms. The number of anilines is 2. The summed E-state index contributed by atoms with van der Waals surface area (Å²) in [6.45, 7) is 3.08. The van der Waals surface area contributed by atoms with Crippen LogP contribution in [0.1, 0.15) is 12.5 Å². The van der Waals surface area contributed by atoms with Gasteiger partial charge in [-0.1, -0.05) is 12.1 Å². The highest BCUT2D eigenvalue weighted by Gasteiger charge is 2.30. The van der Waals surface area contributed by atoms with Crippen molar-refractivity contribution in [3.63, 3.8) is 0 Å². The Bertz CT molecular complexity index is 896. The zero-order chi connectivity index (χ0) is 18.8. The van der Waals surface area contributed by atoms with Crippen LogP contribution in [0.25, 0.3) is 0 Å². The third kappa shape index (κ3) is 3.34. The van der Waals surface area contributed by atoms with Crippen LogP contribution in [0.4, 0.5) is 17.1 Å². The smallest absolute Gasteiger partial charge is 0.272 e. The number of benzene rings is 2. The minimum absolute atomic E-state index is 0.0158. The Morgan fingerprint density at radius 1 is 1.31 bits per heavy atom. The normalized spacial score (nSPS) is 14.2. The number of nitro benzene ring substituents is 1. The van der Waals surface area contributed by atoms with Crippen molar-refractivity contribution >= 4 is 28.9 Å². The number of nitro groups is 1. The molecule has 1 aliphatic heterocycles. The summed E-state index contributed by atoms with van der Waals surface area (Å²) in [5.74, 6) is -0.303. The van der Waals surface area contributed by atoms with Crippen LogP contribution in [0.5, 0.6) is 5.75 Å². The standard InChI is InChI=1S/C18H17N3O5/c1-11-9-13(7-8-15(11)21(24)25)26-12(2)18(23)20-10-17(22)19-14-5-3-4-6-16(14)20/h3-9,12H,10H2,1-2H3,(H,19,22). The monoisotopic (exact) mass is 355 g/mol. The molecular formula is C18H17N3O5. The predicted octanol–water partition coefficient (Wildman–Crippen LogP) is 2.66. The second-order valence-electron chi connectivity index (χ2n) is 5.96. The first-order valence-electron chi connectivity index (χ1n) is 7.99. The minimum Gasteiger partial charge on any atom is -0.481 e. The van der Waals surface area contributed by atoms with Gasteiger partial charge in [0.15, 0.2) is 6.10 Å². The van der Waals surface area contributed by atoms with E-state index in [9.17, 15) is 19.7 Å². The molecule has 0 bridgehead atoms. The molecule has 2 amide bonds. The van der Waals surface area contributed by atoms with E-state index in [-0.39, 0.29) is 24.0 Å². The van der Waals surface area contributed by atoms with E-state index in [0.29, 0.717) is 22.7 Å². The van der Waals surface area contributed by atoms with Gasteiger partial charge in [0.2, 0.25) is 5.91 Å². The van der Waals surface area contributed by atoms with Crippen LogP contribution < -0.4 is 15.0 Å². The summed E-state index contributed by atoms with van der Waals surface area (Å²) >= 11 is 0. The molecule has 3 rings (SSSR count). The summed E-state index contributed by atoms with van der Waals surface area (Å²) in [5.41, 5.74) is 1.59. The lowest BCUT2D eigenvalue weighted by molar-refractivity contribution is -0.385. The van der Waals surface area contributed by atoms with Crippen LogP contribution >= 0.6 is 0 Å². The van der Waals surface area contributed by atoms with Gasteiger partial charge in [0.05, 0.1) is 16.3 Å². The van der Waals surface area contributed by atoms with Crippen molar-refractivity contribution in [1.29, 1.82) is 0 Å². The maximum atomic E-state index is 12.8. The van der Waals surface area contributed by atoms with E-state index in [4.69, 9.17) is 4.74 Å². The van der Waals surface area contributed by atoms with E-state index < -0.39 is 11.0 Å². The lowest BCUT2D eigenvalue weighted by Gasteiger charge is -2.31. The number of rotatable bonds is 4. The second-order valence-corrected chi connectivity index (χ2v) is 5.96. The Balaban J connectivity index is 1.79. The molecule has 1 unspecified atom stereocenters. The van der Waals surface area contributed by atoms with Crippen molar-refractivity contribution < 1.29 is 19.2 Å². The molecule has 0 saturated carbocycles. The fraction of sp³-hybridized carbons (Fsp3) is 0.222. The largest absolute Gasteiger partial charge is 0.481 e. The summed E-state index contributed by atoms with van der Waals surface area (Å²) in [6, 6.07) is 11.3. The molecule has 0 radical (unpaired) electrons. The quantitative estimate of drug-likeness (QED) is 0.671. The summed E-state index contributed by atoms with van der Waals surface area (Å²) in [4.78, 5) is 36.4. The molecule has 8 heteroatoms. The molecule has 134 valence electrons. The van der Waals surface area contributed by atoms with E-state index in [1.165, 1.54) is 23.1 Å². The lowest BCUT2D eigenvalue weighted by atomic mass is 10.1. The molecule has 1 aliphatic rings. The van der Waals surface area contributed by atoms with E-state index in [1.54, 1.807) is 38.1 Å². The number of hydrogen-bond donors (Lipinski definition) is 1. The Kier molecular flexibility index (Phi) is 4.57. The van der Waals surface area contributed by atoms with E-state index >= 15 is 0 Å². The number of nitrogens with zero attached hydrogens (tertiary/aromatic N) is 2. The van der Waals surface area contributed by atoms with Crippen molar-refractivity contribution in [3.05, 3.63) is 58.1 Å². The predicted molar refractivity (Wildman–Crippen MR) is 95.3 cm³/mol. The number of para-hydroxylation sites is 2. The van der Waals surface area contributed by atoms with Gasteiger partial charge >= 0.3 is 0 Å². The highest BCUT2D eigenvalue weighted by atomic mass is 16.6. The third-order valence-electron chi connectivity index (χ3n) is 4.06. The Labute approximate surface area is 149 Å². The fourth-order valence-electron chi connectivity index (χ4n) is 2.81. The maximum absolute atomic E-state index is 12.8. The number of fused-ring (bicyclic) bond motifs is 1. The van der Waals surface area contributed by atoms with E-state index in [0.717, 1.165) is 0 Å². The lowest BCUT2D eigenvalue weighted by Crippen LogP contribution is -2.47. The highest BCUT2D eigenvalue weighted by molar-refractivity contribution is 6.10. The maximum Gasteiger partial charge on any atom is 0.272 e. The number of carbonyl (C=O) groups is 2. The topological polar surface area (TPSA) is 102 Å². The number of hydrogen-bond acceptors (Lipinski definition) is 5. The van der Waals surface area contributed by atoms with Crippen molar-refractivity contribution in [1.82, 2.24) is 0 Å². The van der Waals surface area contributed by atoms with Gasteiger partial charge < -0.3 is 10.1 Å². The molecule has 2 aromatic carbocycles. The molecule has 1 atom stereocenters. The Hall–Kier alpha value is -3.42. The summed E-state index contributed by atoms with van der Waals surface area (Å²) < 4.78 is 5.65. The minimum atomic E-state index is -0.866. The Morgan fingerprint density at radius 3 is 2.73 bits per heavy atom. The van der Waals surface area contributed by atoms with Crippen molar-refractivity contribution in [2.24, 2.45) is 0 Å². The summed E-state index contributed by atoms with van der Waals surface area (Å²) in [6.07, 6.45) is -0.866. The molecule has 0 saturated heterocycles. The van der Waals surface area contributed by atoms with Gasteiger partial charge in [-0.25, -0.2) is 0 Å². The zero-order valence-corrected chi connectivity index (χ0v) is 14.3. The number of nitrogens with one attached hydrogen (secondary N) is 1. The molecule has 0 aliphatic carbocycles. The van der Waals surface area contributed by atoms with Crippen LogP contribution in [-0.2, 0) is 9.59 Å². The van der Waals surface area contributed by atoms with Crippen molar-refractivity contribution in [2.45, 2.75) is 20.0 Å². The van der Waals surface area contributed by atoms with Crippen LogP contribution in [0, 0.1) is 17.0 Å². The van der Waals surface area contributed by atoms with Crippen molar-refractivity contribution in [3.8, 4) is 5.75 Å². The third-order valence-corrected chi connectivity index (χ3v) is 4.06. The molecule has 2 aromatic rings. The van der Waals surface area contributed by atoms with Gasteiger partial charge in [-0.3, -0.25) is 24.6 Å². The van der Waals surface area contributed by atoms with Crippen LogP contribution in [0.2, 0.25) is 0 Å². The van der Waals surface area contributed by atoms with Gasteiger partial charge in [-0.2, -0.15) is 0 Å². The second kappa shape index (κ2) is 6.83. The van der Waals surface area contributed by atoms with Crippen LogP contribution in [0.3, 0.4) is 0 Å². The van der Waals surface area contributed by atoms with Gasteiger partial charge in [-0.05, 0) is 38.1 Å². The molecule has 0 fully saturated rings. The van der Waals surface area contributed by atoms with Crippen LogP contribution in [-0.4, -0.2) is 29.4 Å². The average Bonchev–Trinajstić information content (AvgIpc) is 2.60. The first-order chi connectivity index (χ1) is 12.4. The van der Waals surface area contributed by atoms with Gasteiger partial charge in [0, 0.05) is 11.6 Å². The molecular weight excluding hydrogens is 338 g/mol. The van der Waals surface area contributed by atoms with Crippen molar-refractivity contribution in [2.75, 3.05) is 16.8 Å². The molecule has 1 heterocycles. The van der Waals surface area contributed by atoms with E-state index in [2.05, 4.69) is 5.32 Å². The molecule has 1 N–H and O–H groups in total. The molecule has 0 spiro atoms. The van der Waals surface area contributed by atoms with Gasteiger partial charge in [0.1, 0.15) is 12.3 Å². The fourth-order valence-corrected chi connectivity index (χ4v) is 2.81. The van der Waals surface area contributed by atoms with Gasteiger partial charge in [-0.15, -0.1) is 0 Å². The molecule has 8 nitrogen and oxygen atoms in total. The first-order valence-corrected chi connectivity index (χ1v) is 7.99. The number of aryl methyl sites for hydroxylation is 1. The van der Waals surface area contributed by atoms with E-state index in [1.807, 2.05) is 0 Å². The zero-order valence-electron chi connectivity index (χ0n) is 14.3. The SMILES string of the molecule is Cc1cc(OC(C)C(=O)N2CC(=O)Nc3ccccc32)ccc1[N+](=O)[O-]. The average molecular weight is 355 g/mol. The highest BCUT2D eigenvalue weighted by Crippen LogP contribution is 2.30. The number of amides is 2. The summed E-state index contributed by atoms with van der Waals surface area (Å²) in [5, 5.41) is 13.6. The van der Waals surface area contributed by atoms with Gasteiger partial charge in [0.25, 0.3) is 11.6 Å². The van der Waals surface area contributed by atoms with Crippen LogP contribution in [0.15, 0.2) is 42.5 Å². The number of ether oxygens (including phenoxy) is 1. The number of carbonyl (C=O) groups excluding carboxylic acids is 2. The first kappa shape index (κ1) is 17.4.